The molecule has 0 spiro atoms. The number of piperazine rings is 1. The third kappa shape index (κ3) is 5.09. The molecule has 0 saturated carbocycles. The lowest BCUT2D eigenvalue weighted by Gasteiger charge is -2.40. The summed E-state index contributed by atoms with van der Waals surface area (Å²) in [6.45, 7) is 4.83. The van der Waals surface area contributed by atoms with Gasteiger partial charge in [-0.15, -0.1) is 0 Å². The standard InChI is InChI=1S/C23H28Cl2N4O/c24-19-9-10-20(21(25)17-19)22(18-7-3-1-4-8-18)27-13-15-28(16-14-27)23(30)26-29-11-5-2-6-12-29/h1,3-4,7-10,17,22H,2,5-6,11-16H2,(H,26,30)/t22-/m1/s1. The van der Waals surface area contributed by atoms with Gasteiger partial charge in [0, 0.05) is 49.3 Å². The maximum atomic E-state index is 12.7. The van der Waals surface area contributed by atoms with Crippen LogP contribution in [-0.2, 0) is 0 Å². The minimum atomic E-state index is 0.0114. The number of nitrogens with zero attached hydrogens (tertiary/aromatic N) is 3. The van der Waals surface area contributed by atoms with Gasteiger partial charge in [-0.2, -0.15) is 0 Å². The fourth-order valence-corrected chi connectivity index (χ4v) is 4.85. The highest BCUT2D eigenvalue weighted by Gasteiger charge is 2.30. The molecule has 2 amide bonds. The van der Waals surface area contributed by atoms with E-state index in [1.54, 1.807) is 6.07 Å². The molecule has 2 aliphatic heterocycles. The molecule has 2 aromatic carbocycles. The third-order valence-electron chi connectivity index (χ3n) is 5.95. The lowest BCUT2D eigenvalue weighted by Crippen LogP contribution is -2.56. The van der Waals surface area contributed by atoms with Gasteiger partial charge in [0.2, 0.25) is 0 Å². The number of urea groups is 1. The fraction of sp³-hybridized carbons (Fsp3) is 0.435. The van der Waals surface area contributed by atoms with Crippen LogP contribution in [0.5, 0.6) is 0 Å². The molecule has 0 aromatic heterocycles. The Labute approximate surface area is 188 Å². The summed E-state index contributed by atoms with van der Waals surface area (Å²) < 4.78 is 0. The van der Waals surface area contributed by atoms with Gasteiger partial charge in [0.05, 0.1) is 6.04 Å². The molecular weight excluding hydrogens is 419 g/mol. The predicted molar refractivity (Wildman–Crippen MR) is 122 cm³/mol. The molecule has 2 aliphatic rings. The summed E-state index contributed by atoms with van der Waals surface area (Å²) in [7, 11) is 0. The number of piperidine rings is 1. The van der Waals surface area contributed by atoms with Gasteiger partial charge in [-0.3, -0.25) is 10.3 Å². The summed E-state index contributed by atoms with van der Waals surface area (Å²) in [4.78, 5) is 17.0. The quantitative estimate of drug-likeness (QED) is 0.731. The van der Waals surface area contributed by atoms with E-state index in [1.807, 2.05) is 23.1 Å². The second-order valence-corrected chi connectivity index (χ2v) is 8.81. The Morgan fingerprint density at radius 3 is 2.23 bits per heavy atom. The number of rotatable bonds is 4. The maximum Gasteiger partial charge on any atom is 0.332 e. The van der Waals surface area contributed by atoms with E-state index < -0.39 is 0 Å². The Morgan fingerprint density at radius 2 is 1.57 bits per heavy atom. The van der Waals surface area contributed by atoms with Crippen molar-refractivity contribution in [1.29, 1.82) is 0 Å². The van der Waals surface area contributed by atoms with E-state index in [4.69, 9.17) is 23.2 Å². The number of hydrogen-bond acceptors (Lipinski definition) is 3. The summed E-state index contributed by atoms with van der Waals surface area (Å²) in [5.41, 5.74) is 5.31. The molecule has 2 fully saturated rings. The first-order valence-corrected chi connectivity index (χ1v) is 11.4. The van der Waals surface area contributed by atoms with Crippen molar-refractivity contribution in [2.45, 2.75) is 25.3 Å². The summed E-state index contributed by atoms with van der Waals surface area (Å²) in [5.74, 6) is 0. The van der Waals surface area contributed by atoms with Crippen LogP contribution in [0.3, 0.4) is 0 Å². The molecule has 2 saturated heterocycles. The minimum Gasteiger partial charge on any atom is -0.321 e. The van der Waals surface area contributed by atoms with Gasteiger partial charge in [-0.05, 0) is 36.1 Å². The molecule has 2 heterocycles. The van der Waals surface area contributed by atoms with Gasteiger partial charge in [0.1, 0.15) is 0 Å². The fourth-order valence-electron chi connectivity index (χ4n) is 4.34. The Hall–Kier alpha value is -1.79. The van der Waals surface area contributed by atoms with Crippen LogP contribution in [0, 0.1) is 0 Å². The number of carbonyl (C=O) groups excluding carboxylic acids is 1. The number of benzene rings is 2. The van der Waals surface area contributed by atoms with Gasteiger partial charge in [-0.1, -0.05) is 66.0 Å². The predicted octanol–water partition coefficient (Wildman–Crippen LogP) is 4.81. The molecule has 1 atom stereocenters. The van der Waals surface area contributed by atoms with E-state index in [9.17, 15) is 4.79 Å². The van der Waals surface area contributed by atoms with Crippen LogP contribution >= 0.6 is 23.2 Å². The van der Waals surface area contributed by atoms with Gasteiger partial charge in [0.15, 0.2) is 0 Å². The Balaban J connectivity index is 1.46. The molecule has 0 aliphatic carbocycles. The van der Waals surface area contributed by atoms with Crippen molar-refractivity contribution in [2.75, 3.05) is 39.3 Å². The molecule has 0 bridgehead atoms. The van der Waals surface area contributed by atoms with Crippen LogP contribution in [0.1, 0.15) is 36.4 Å². The molecule has 5 nitrogen and oxygen atoms in total. The van der Waals surface area contributed by atoms with Crippen LogP contribution in [0.2, 0.25) is 10.0 Å². The number of halogens is 2. The van der Waals surface area contributed by atoms with E-state index in [2.05, 4.69) is 39.6 Å². The Morgan fingerprint density at radius 1 is 0.867 bits per heavy atom. The molecule has 2 aromatic rings. The van der Waals surface area contributed by atoms with E-state index in [0.29, 0.717) is 23.1 Å². The lowest BCUT2D eigenvalue weighted by atomic mass is 9.96. The summed E-state index contributed by atoms with van der Waals surface area (Å²) in [5, 5.41) is 3.36. The minimum absolute atomic E-state index is 0.0114. The van der Waals surface area contributed by atoms with Gasteiger partial charge in [-0.25, -0.2) is 9.80 Å². The van der Waals surface area contributed by atoms with Gasteiger partial charge < -0.3 is 4.90 Å². The molecule has 160 valence electrons. The van der Waals surface area contributed by atoms with Crippen molar-refractivity contribution in [3.05, 3.63) is 69.7 Å². The third-order valence-corrected chi connectivity index (χ3v) is 6.51. The van der Waals surface area contributed by atoms with Crippen LogP contribution in [0.25, 0.3) is 0 Å². The average Bonchev–Trinajstić information content (AvgIpc) is 2.77. The van der Waals surface area contributed by atoms with E-state index in [0.717, 1.165) is 44.6 Å². The number of amides is 2. The summed E-state index contributed by atoms with van der Waals surface area (Å²) >= 11 is 12.7. The van der Waals surface area contributed by atoms with E-state index >= 15 is 0 Å². The average molecular weight is 447 g/mol. The van der Waals surface area contributed by atoms with Crippen LogP contribution in [0.15, 0.2) is 48.5 Å². The second kappa shape index (κ2) is 10.0. The van der Waals surface area contributed by atoms with Gasteiger partial charge in [0.25, 0.3) is 0 Å². The molecule has 0 radical (unpaired) electrons. The highest BCUT2D eigenvalue weighted by atomic mass is 35.5. The SMILES string of the molecule is O=C(NN1CCCCC1)N1CCN([C@H](c2ccccc2)c2ccc(Cl)cc2Cl)CC1. The number of hydrazine groups is 1. The van der Waals surface area contributed by atoms with Crippen LogP contribution in [-0.4, -0.2) is 60.1 Å². The summed E-state index contributed by atoms with van der Waals surface area (Å²) in [6, 6.07) is 16.1. The molecule has 1 N–H and O–H groups in total. The number of hydrogen-bond donors (Lipinski definition) is 1. The number of carbonyl (C=O) groups is 1. The van der Waals surface area contributed by atoms with Crippen molar-refractivity contribution >= 4 is 29.2 Å². The molecule has 30 heavy (non-hydrogen) atoms. The maximum absolute atomic E-state index is 12.7. The first-order chi connectivity index (χ1) is 14.6. The van der Waals surface area contributed by atoms with Crippen molar-refractivity contribution < 1.29 is 4.79 Å². The zero-order valence-corrected chi connectivity index (χ0v) is 18.6. The lowest BCUT2D eigenvalue weighted by molar-refractivity contribution is 0.0954. The van der Waals surface area contributed by atoms with Gasteiger partial charge >= 0.3 is 6.03 Å². The highest BCUT2D eigenvalue weighted by molar-refractivity contribution is 6.35. The second-order valence-electron chi connectivity index (χ2n) is 7.97. The van der Waals surface area contributed by atoms with Crippen LogP contribution < -0.4 is 5.43 Å². The monoisotopic (exact) mass is 446 g/mol. The smallest absolute Gasteiger partial charge is 0.321 e. The molecule has 0 unspecified atom stereocenters. The van der Waals surface area contributed by atoms with Crippen LogP contribution in [0.4, 0.5) is 4.79 Å². The van der Waals surface area contributed by atoms with Crippen molar-refractivity contribution in [3.8, 4) is 0 Å². The zero-order chi connectivity index (χ0) is 20.9. The van der Waals surface area contributed by atoms with Crippen molar-refractivity contribution in [2.24, 2.45) is 0 Å². The molecule has 4 rings (SSSR count). The largest absolute Gasteiger partial charge is 0.332 e. The Bertz CT molecular complexity index is 850. The highest BCUT2D eigenvalue weighted by Crippen LogP contribution is 2.35. The topological polar surface area (TPSA) is 38.8 Å². The van der Waals surface area contributed by atoms with Crippen molar-refractivity contribution in [3.63, 3.8) is 0 Å². The zero-order valence-electron chi connectivity index (χ0n) is 17.1. The first kappa shape index (κ1) is 21.4. The van der Waals surface area contributed by atoms with E-state index in [-0.39, 0.29) is 12.1 Å². The first-order valence-electron chi connectivity index (χ1n) is 10.7. The molecule has 7 heteroatoms. The molecular formula is C23H28Cl2N4O. The number of nitrogens with one attached hydrogen (secondary N) is 1. The Kier molecular flexibility index (Phi) is 7.16. The van der Waals surface area contributed by atoms with Crippen molar-refractivity contribution in [1.82, 2.24) is 20.2 Å². The van der Waals surface area contributed by atoms with E-state index in [1.165, 1.54) is 12.0 Å². The normalized spacial score (nSPS) is 19.5. The summed E-state index contributed by atoms with van der Waals surface area (Å²) in [6.07, 6.45) is 3.54.